The minimum Gasteiger partial charge on any atom is -0.385 e. The molecule has 30 heavy (non-hydrogen) atoms. The summed E-state index contributed by atoms with van der Waals surface area (Å²) in [5.74, 6) is 0.343. The molecule has 1 saturated carbocycles. The third kappa shape index (κ3) is 6.57. The lowest BCUT2D eigenvalue weighted by atomic mass is 9.73. The second-order valence-electron chi connectivity index (χ2n) is 11.2. The average Bonchev–Trinajstić information content (AvgIpc) is 2.73. The van der Waals surface area contributed by atoms with Crippen molar-refractivity contribution in [3.63, 3.8) is 0 Å². The number of nitrogens with zero attached hydrogens (tertiary/aromatic N) is 1. The van der Waals surface area contributed by atoms with Gasteiger partial charge in [0.1, 0.15) is 0 Å². The smallest absolute Gasteiger partial charge is 0.0936 e. The van der Waals surface area contributed by atoms with E-state index in [9.17, 15) is 5.11 Å². The lowest BCUT2D eigenvalue weighted by molar-refractivity contribution is -0.0524. The predicted octanol–water partition coefficient (Wildman–Crippen LogP) is 7.19. The molecule has 0 bridgehead atoms. The van der Waals surface area contributed by atoms with E-state index in [4.69, 9.17) is 0 Å². The normalized spacial score (nSPS) is 28.5. The first kappa shape index (κ1) is 23.8. The SMILES string of the molecule is CC(C)(C)c1ccc(C2(O)CCCCCCCCCCC2CN2CCCCC2)cc1. The van der Waals surface area contributed by atoms with Crippen molar-refractivity contribution in [1.82, 2.24) is 4.90 Å². The van der Waals surface area contributed by atoms with Gasteiger partial charge in [0, 0.05) is 12.5 Å². The summed E-state index contributed by atoms with van der Waals surface area (Å²) in [6.07, 6.45) is 16.6. The first-order chi connectivity index (χ1) is 14.4. The fourth-order valence-electron chi connectivity index (χ4n) is 5.62. The van der Waals surface area contributed by atoms with E-state index in [0.717, 1.165) is 31.4 Å². The molecule has 2 nitrogen and oxygen atoms in total. The Morgan fingerprint density at radius 3 is 1.93 bits per heavy atom. The summed E-state index contributed by atoms with van der Waals surface area (Å²) in [7, 11) is 0. The molecule has 2 unspecified atom stereocenters. The monoisotopic (exact) mass is 413 g/mol. The van der Waals surface area contributed by atoms with Gasteiger partial charge in [0.05, 0.1) is 5.60 Å². The summed E-state index contributed by atoms with van der Waals surface area (Å²) in [6, 6.07) is 9.02. The second-order valence-corrected chi connectivity index (χ2v) is 11.2. The van der Waals surface area contributed by atoms with Crippen molar-refractivity contribution in [2.24, 2.45) is 5.92 Å². The Balaban J connectivity index is 1.86. The quantitative estimate of drug-likeness (QED) is 0.567. The Morgan fingerprint density at radius 2 is 1.33 bits per heavy atom. The van der Waals surface area contributed by atoms with Gasteiger partial charge in [-0.25, -0.2) is 0 Å². The van der Waals surface area contributed by atoms with E-state index in [1.165, 1.54) is 82.9 Å². The molecule has 2 heteroatoms. The van der Waals surface area contributed by atoms with Crippen molar-refractivity contribution in [2.75, 3.05) is 19.6 Å². The Morgan fingerprint density at radius 1 is 0.800 bits per heavy atom. The van der Waals surface area contributed by atoms with Crippen LogP contribution in [-0.4, -0.2) is 29.6 Å². The maximum atomic E-state index is 12.3. The van der Waals surface area contributed by atoms with Gasteiger partial charge in [0.2, 0.25) is 0 Å². The van der Waals surface area contributed by atoms with E-state index < -0.39 is 5.60 Å². The highest BCUT2D eigenvalue weighted by atomic mass is 16.3. The molecular formula is C28H47NO. The van der Waals surface area contributed by atoms with E-state index in [1.54, 1.807) is 0 Å². The predicted molar refractivity (Wildman–Crippen MR) is 129 cm³/mol. The molecule has 0 aromatic heterocycles. The van der Waals surface area contributed by atoms with Gasteiger partial charge in [0.25, 0.3) is 0 Å². The van der Waals surface area contributed by atoms with Crippen LogP contribution in [0.4, 0.5) is 0 Å². The van der Waals surface area contributed by atoms with Crippen LogP contribution in [0.15, 0.2) is 24.3 Å². The third-order valence-electron chi connectivity index (χ3n) is 7.71. The maximum Gasteiger partial charge on any atom is 0.0936 e. The van der Waals surface area contributed by atoms with Crippen LogP contribution in [0.2, 0.25) is 0 Å². The summed E-state index contributed by atoms with van der Waals surface area (Å²) in [4.78, 5) is 2.65. The van der Waals surface area contributed by atoms with Crippen LogP contribution in [-0.2, 0) is 11.0 Å². The van der Waals surface area contributed by atoms with Crippen LogP contribution in [0.1, 0.15) is 115 Å². The van der Waals surface area contributed by atoms with Gasteiger partial charge in [-0.2, -0.15) is 0 Å². The average molecular weight is 414 g/mol. The molecule has 3 rings (SSSR count). The summed E-state index contributed by atoms with van der Waals surface area (Å²) >= 11 is 0. The van der Waals surface area contributed by atoms with Crippen molar-refractivity contribution in [2.45, 2.75) is 115 Å². The third-order valence-corrected chi connectivity index (χ3v) is 7.71. The van der Waals surface area contributed by atoms with Crippen molar-refractivity contribution in [3.05, 3.63) is 35.4 Å². The first-order valence-electron chi connectivity index (χ1n) is 13.0. The highest BCUT2D eigenvalue weighted by molar-refractivity contribution is 5.31. The molecule has 1 aromatic carbocycles. The maximum absolute atomic E-state index is 12.3. The molecule has 1 N–H and O–H groups in total. The second kappa shape index (κ2) is 11.1. The number of rotatable bonds is 3. The van der Waals surface area contributed by atoms with Crippen LogP contribution < -0.4 is 0 Å². The zero-order chi connectivity index (χ0) is 21.5. The molecule has 2 atom stereocenters. The van der Waals surface area contributed by atoms with Crippen LogP contribution >= 0.6 is 0 Å². The van der Waals surface area contributed by atoms with Crippen molar-refractivity contribution in [1.29, 1.82) is 0 Å². The molecule has 170 valence electrons. The molecule has 0 spiro atoms. The van der Waals surface area contributed by atoms with Gasteiger partial charge < -0.3 is 10.0 Å². The zero-order valence-corrected chi connectivity index (χ0v) is 20.1. The lowest BCUT2D eigenvalue weighted by Crippen LogP contribution is -2.44. The molecule has 2 aliphatic rings. The van der Waals surface area contributed by atoms with E-state index in [-0.39, 0.29) is 5.41 Å². The molecule has 1 saturated heterocycles. The Kier molecular flexibility index (Phi) is 8.83. The molecule has 2 fully saturated rings. The van der Waals surface area contributed by atoms with Gasteiger partial charge in [-0.1, -0.05) is 103 Å². The molecule has 1 aliphatic carbocycles. The summed E-state index contributed by atoms with van der Waals surface area (Å²) in [5, 5.41) is 12.3. The molecule has 1 aliphatic heterocycles. The summed E-state index contributed by atoms with van der Waals surface area (Å²) in [5.41, 5.74) is 1.98. The van der Waals surface area contributed by atoms with Crippen LogP contribution in [0.3, 0.4) is 0 Å². The minimum atomic E-state index is -0.687. The number of hydrogen-bond acceptors (Lipinski definition) is 2. The largest absolute Gasteiger partial charge is 0.385 e. The molecular weight excluding hydrogens is 366 g/mol. The number of benzene rings is 1. The molecule has 0 amide bonds. The van der Waals surface area contributed by atoms with E-state index in [1.807, 2.05) is 0 Å². The Hall–Kier alpha value is -0.860. The van der Waals surface area contributed by atoms with Gasteiger partial charge in [-0.05, 0) is 55.3 Å². The van der Waals surface area contributed by atoms with Gasteiger partial charge >= 0.3 is 0 Å². The highest BCUT2D eigenvalue weighted by Crippen LogP contribution is 2.40. The summed E-state index contributed by atoms with van der Waals surface area (Å²) < 4.78 is 0. The highest BCUT2D eigenvalue weighted by Gasteiger charge is 2.39. The van der Waals surface area contributed by atoms with E-state index in [0.29, 0.717) is 5.92 Å². The zero-order valence-electron chi connectivity index (χ0n) is 20.1. The fourth-order valence-corrected chi connectivity index (χ4v) is 5.62. The molecule has 1 aromatic rings. The topological polar surface area (TPSA) is 23.5 Å². The van der Waals surface area contributed by atoms with Crippen LogP contribution in [0.5, 0.6) is 0 Å². The van der Waals surface area contributed by atoms with Gasteiger partial charge in [-0.3, -0.25) is 0 Å². The molecule has 0 radical (unpaired) electrons. The Labute approximate surface area is 186 Å². The van der Waals surface area contributed by atoms with Gasteiger partial charge in [0.15, 0.2) is 0 Å². The number of piperidine rings is 1. The number of hydrogen-bond donors (Lipinski definition) is 1. The van der Waals surface area contributed by atoms with Crippen molar-refractivity contribution >= 4 is 0 Å². The first-order valence-corrected chi connectivity index (χ1v) is 13.0. The van der Waals surface area contributed by atoms with E-state index >= 15 is 0 Å². The lowest BCUT2D eigenvalue weighted by Gasteiger charge is -2.41. The minimum absolute atomic E-state index is 0.154. The van der Waals surface area contributed by atoms with Crippen molar-refractivity contribution in [3.8, 4) is 0 Å². The van der Waals surface area contributed by atoms with Crippen molar-refractivity contribution < 1.29 is 5.11 Å². The number of aliphatic hydroxyl groups is 1. The van der Waals surface area contributed by atoms with Crippen LogP contribution in [0.25, 0.3) is 0 Å². The van der Waals surface area contributed by atoms with Crippen LogP contribution in [0, 0.1) is 5.92 Å². The molecule has 1 heterocycles. The van der Waals surface area contributed by atoms with E-state index in [2.05, 4.69) is 49.9 Å². The number of likely N-dealkylation sites (tertiary alicyclic amines) is 1. The standard InChI is InChI=1S/C28H47NO/c1-27(2,3)24-16-18-25(19-17-24)28(30)20-12-9-7-5-4-6-8-11-15-26(28)23-29-21-13-10-14-22-29/h16-19,26,30H,4-15,20-23H2,1-3H3. The Bertz CT molecular complexity index is 611. The summed E-state index contributed by atoms with van der Waals surface area (Å²) in [6.45, 7) is 10.3. The fraction of sp³-hybridized carbons (Fsp3) is 0.786. The van der Waals surface area contributed by atoms with Gasteiger partial charge in [-0.15, -0.1) is 0 Å².